The Morgan fingerprint density at radius 1 is 1.41 bits per heavy atom. The third-order valence-corrected chi connectivity index (χ3v) is 3.69. The average molecular weight is 239 g/mol. The van der Waals surface area contributed by atoms with Gasteiger partial charge in [-0.1, -0.05) is 12.8 Å². The highest BCUT2D eigenvalue weighted by molar-refractivity contribution is 5.89. The quantitative estimate of drug-likeness (QED) is 0.716. The number of hydrogen-bond donors (Lipinski definition) is 2. The minimum absolute atomic E-state index is 0.0461. The maximum Gasteiger partial charge on any atom is 0.225 e. The molecule has 1 aliphatic carbocycles. The van der Waals surface area contributed by atoms with Crippen LogP contribution in [-0.4, -0.2) is 42.4 Å². The Hall–Kier alpha value is -1.10. The van der Waals surface area contributed by atoms with Crippen LogP contribution in [0, 0.1) is 5.92 Å². The van der Waals surface area contributed by atoms with E-state index in [0.717, 1.165) is 12.8 Å². The van der Waals surface area contributed by atoms with Gasteiger partial charge < -0.3 is 16.0 Å². The first-order valence-electron chi connectivity index (χ1n) is 6.49. The van der Waals surface area contributed by atoms with Crippen molar-refractivity contribution in [2.24, 2.45) is 11.7 Å². The summed E-state index contributed by atoms with van der Waals surface area (Å²) in [4.78, 5) is 25.3. The number of nitrogens with zero attached hydrogens (tertiary/aromatic N) is 1. The van der Waals surface area contributed by atoms with Gasteiger partial charge in [-0.15, -0.1) is 0 Å². The Bertz CT molecular complexity index is 300. The standard InChI is InChI=1S/C12H21N3O2/c13-5-6-15-8-9(7-11(15)16)12(17)14-10-3-1-2-4-10/h9-10H,1-8,13H2,(H,14,17). The molecule has 1 atom stereocenters. The Morgan fingerprint density at radius 3 is 2.76 bits per heavy atom. The van der Waals surface area contributed by atoms with Crippen molar-refractivity contribution in [2.75, 3.05) is 19.6 Å². The van der Waals surface area contributed by atoms with Crippen LogP contribution in [0.4, 0.5) is 0 Å². The van der Waals surface area contributed by atoms with Crippen LogP contribution in [-0.2, 0) is 9.59 Å². The molecule has 0 radical (unpaired) electrons. The predicted molar refractivity (Wildman–Crippen MR) is 64.1 cm³/mol. The van der Waals surface area contributed by atoms with Crippen LogP contribution in [0.15, 0.2) is 0 Å². The zero-order chi connectivity index (χ0) is 12.3. The van der Waals surface area contributed by atoms with Gasteiger partial charge in [0.05, 0.1) is 5.92 Å². The second-order valence-corrected chi connectivity index (χ2v) is 5.02. The summed E-state index contributed by atoms with van der Waals surface area (Å²) in [5.41, 5.74) is 5.43. The molecule has 17 heavy (non-hydrogen) atoms. The molecule has 1 heterocycles. The van der Waals surface area contributed by atoms with Gasteiger partial charge in [-0.25, -0.2) is 0 Å². The van der Waals surface area contributed by atoms with Crippen LogP contribution in [0.2, 0.25) is 0 Å². The van der Waals surface area contributed by atoms with Crippen LogP contribution in [0.5, 0.6) is 0 Å². The summed E-state index contributed by atoms with van der Waals surface area (Å²) in [7, 11) is 0. The fourth-order valence-corrected chi connectivity index (χ4v) is 2.71. The van der Waals surface area contributed by atoms with Crippen LogP contribution >= 0.6 is 0 Å². The Labute approximate surface area is 102 Å². The maximum atomic E-state index is 12.0. The van der Waals surface area contributed by atoms with Crippen molar-refractivity contribution in [1.82, 2.24) is 10.2 Å². The fraction of sp³-hybridized carbons (Fsp3) is 0.833. The summed E-state index contributed by atoms with van der Waals surface area (Å²) in [6.45, 7) is 1.56. The monoisotopic (exact) mass is 239 g/mol. The number of nitrogens with one attached hydrogen (secondary N) is 1. The van der Waals surface area contributed by atoms with Gasteiger partial charge >= 0.3 is 0 Å². The molecule has 0 aromatic carbocycles. The lowest BCUT2D eigenvalue weighted by atomic mass is 10.1. The first-order valence-corrected chi connectivity index (χ1v) is 6.49. The third-order valence-electron chi connectivity index (χ3n) is 3.69. The van der Waals surface area contributed by atoms with Crippen LogP contribution in [0.1, 0.15) is 32.1 Å². The third kappa shape index (κ3) is 2.97. The average Bonchev–Trinajstić information content (AvgIpc) is 2.90. The first kappa shape index (κ1) is 12.4. The van der Waals surface area contributed by atoms with Crippen molar-refractivity contribution in [3.63, 3.8) is 0 Å². The van der Waals surface area contributed by atoms with E-state index < -0.39 is 0 Å². The first-order chi connectivity index (χ1) is 8.20. The van der Waals surface area contributed by atoms with Crippen LogP contribution in [0.25, 0.3) is 0 Å². The Balaban J connectivity index is 1.82. The highest BCUT2D eigenvalue weighted by Gasteiger charge is 2.34. The zero-order valence-corrected chi connectivity index (χ0v) is 10.2. The molecule has 2 amide bonds. The van der Waals surface area contributed by atoms with E-state index in [2.05, 4.69) is 5.32 Å². The molecule has 1 saturated carbocycles. The van der Waals surface area contributed by atoms with Crippen LogP contribution in [0.3, 0.4) is 0 Å². The highest BCUT2D eigenvalue weighted by Crippen LogP contribution is 2.21. The van der Waals surface area contributed by atoms with E-state index in [0.29, 0.717) is 32.1 Å². The van der Waals surface area contributed by atoms with Gasteiger partial charge in [0, 0.05) is 32.1 Å². The van der Waals surface area contributed by atoms with Crippen LogP contribution < -0.4 is 11.1 Å². The normalized spacial score (nSPS) is 25.6. The van der Waals surface area contributed by atoms with Crippen molar-refractivity contribution in [3.05, 3.63) is 0 Å². The molecule has 96 valence electrons. The maximum absolute atomic E-state index is 12.0. The van der Waals surface area contributed by atoms with Crippen molar-refractivity contribution in [2.45, 2.75) is 38.1 Å². The Kier molecular flexibility index (Phi) is 3.99. The van der Waals surface area contributed by atoms with E-state index in [-0.39, 0.29) is 17.7 Å². The van der Waals surface area contributed by atoms with Crippen molar-refractivity contribution in [3.8, 4) is 0 Å². The minimum Gasteiger partial charge on any atom is -0.353 e. The topological polar surface area (TPSA) is 75.4 Å². The number of carbonyl (C=O) groups is 2. The summed E-state index contributed by atoms with van der Waals surface area (Å²) < 4.78 is 0. The van der Waals surface area contributed by atoms with E-state index in [9.17, 15) is 9.59 Å². The van der Waals surface area contributed by atoms with Gasteiger partial charge in [0.15, 0.2) is 0 Å². The van der Waals surface area contributed by atoms with Gasteiger partial charge in [0.2, 0.25) is 11.8 Å². The highest BCUT2D eigenvalue weighted by atomic mass is 16.2. The smallest absolute Gasteiger partial charge is 0.225 e. The number of hydrogen-bond acceptors (Lipinski definition) is 3. The van der Waals surface area contributed by atoms with Crippen molar-refractivity contribution in [1.29, 1.82) is 0 Å². The van der Waals surface area contributed by atoms with E-state index >= 15 is 0 Å². The molecule has 1 saturated heterocycles. The fourth-order valence-electron chi connectivity index (χ4n) is 2.71. The SMILES string of the molecule is NCCN1CC(C(=O)NC2CCCC2)CC1=O. The summed E-state index contributed by atoms with van der Waals surface area (Å²) in [6.07, 6.45) is 4.91. The van der Waals surface area contributed by atoms with Gasteiger partial charge in [0.25, 0.3) is 0 Å². The second-order valence-electron chi connectivity index (χ2n) is 5.02. The molecular weight excluding hydrogens is 218 g/mol. The minimum atomic E-state index is -0.172. The zero-order valence-electron chi connectivity index (χ0n) is 10.2. The molecule has 0 bridgehead atoms. The summed E-state index contributed by atoms with van der Waals surface area (Å²) >= 11 is 0. The van der Waals surface area contributed by atoms with E-state index in [1.165, 1.54) is 12.8 Å². The molecule has 0 spiro atoms. The summed E-state index contributed by atoms with van der Waals surface area (Å²) in [6, 6.07) is 0.334. The number of carbonyl (C=O) groups excluding carboxylic acids is 2. The number of nitrogens with two attached hydrogens (primary N) is 1. The molecule has 5 heteroatoms. The molecule has 2 rings (SSSR count). The van der Waals surface area contributed by atoms with Gasteiger partial charge in [-0.2, -0.15) is 0 Å². The Morgan fingerprint density at radius 2 is 2.12 bits per heavy atom. The number of amides is 2. The molecule has 2 fully saturated rings. The summed E-state index contributed by atoms with van der Waals surface area (Å²) in [5, 5.41) is 3.05. The molecule has 5 nitrogen and oxygen atoms in total. The molecule has 0 aromatic heterocycles. The number of likely N-dealkylation sites (tertiary alicyclic amines) is 1. The molecule has 2 aliphatic rings. The molecule has 3 N–H and O–H groups in total. The lowest BCUT2D eigenvalue weighted by Crippen LogP contribution is -2.39. The lowest BCUT2D eigenvalue weighted by Gasteiger charge is -2.17. The predicted octanol–water partition coefficient (Wildman–Crippen LogP) is -0.148. The van der Waals surface area contributed by atoms with Crippen molar-refractivity contribution >= 4 is 11.8 Å². The van der Waals surface area contributed by atoms with E-state index in [1.54, 1.807) is 4.90 Å². The van der Waals surface area contributed by atoms with Gasteiger partial charge in [0.1, 0.15) is 0 Å². The largest absolute Gasteiger partial charge is 0.353 e. The molecular formula is C12H21N3O2. The number of rotatable bonds is 4. The lowest BCUT2D eigenvalue weighted by molar-refractivity contribution is -0.129. The van der Waals surface area contributed by atoms with Gasteiger partial charge in [-0.05, 0) is 12.8 Å². The summed E-state index contributed by atoms with van der Waals surface area (Å²) in [5.74, 6) is -0.0681. The van der Waals surface area contributed by atoms with Gasteiger partial charge in [-0.3, -0.25) is 9.59 Å². The molecule has 0 aromatic rings. The molecule has 1 aliphatic heterocycles. The van der Waals surface area contributed by atoms with E-state index in [1.807, 2.05) is 0 Å². The second kappa shape index (κ2) is 5.49. The van der Waals surface area contributed by atoms with E-state index in [4.69, 9.17) is 5.73 Å². The molecule has 1 unspecified atom stereocenters. The van der Waals surface area contributed by atoms with Crippen molar-refractivity contribution < 1.29 is 9.59 Å².